The van der Waals surface area contributed by atoms with Gasteiger partial charge in [-0.3, -0.25) is 9.59 Å². The van der Waals surface area contributed by atoms with E-state index in [2.05, 4.69) is 0 Å². The Kier molecular flexibility index (Phi) is 6.69. The lowest BCUT2D eigenvalue weighted by Crippen LogP contribution is -2.58. The number of nitrogens with zero attached hydrogens (tertiary/aromatic N) is 2. The average Bonchev–Trinajstić information content (AvgIpc) is 2.61. The molecule has 144 valence electrons. The summed E-state index contributed by atoms with van der Waals surface area (Å²) >= 11 is 0. The van der Waals surface area contributed by atoms with E-state index >= 15 is 0 Å². The first-order valence-corrected chi connectivity index (χ1v) is 9.34. The third-order valence-corrected chi connectivity index (χ3v) is 5.85. The quantitative estimate of drug-likeness (QED) is 0.877. The lowest BCUT2D eigenvalue weighted by atomic mass is 9.74. The van der Waals surface area contributed by atoms with Crippen LogP contribution in [0.4, 0.5) is 5.69 Å². The van der Waals surface area contributed by atoms with Crippen molar-refractivity contribution in [3.63, 3.8) is 0 Å². The van der Waals surface area contributed by atoms with Gasteiger partial charge >= 0.3 is 0 Å². The third-order valence-electron chi connectivity index (χ3n) is 5.85. The maximum atomic E-state index is 13.1. The Hall–Kier alpha value is -1.59. The number of hydrogen-bond donors (Lipinski definition) is 1. The molecular formula is C20H30ClN3O2. The maximum absolute atomic E-state index is 13.1. The first kappa shape index (κ1) is 20.7. The highest BCUT2D eigenvalue weighted by molar-refractivity contribution is 6.00. The van der Waals surface area contributed by atoms with Crippen molar-refractivity contribution in [1.82, 2.24) is 4.90 Å². The van der Waals surface area contributed by atoms with Crippen molar-refractivity contribution in [2.24, 2.45) is 11.7 Å². The van der Waals surface area contributed by atoms with Gasteiger partial charge in [-0.2, -0.15) is 0 Å². The highest BCUT2D eigenvalue weighted by Crippen LogP contribution is 2.34. The molecule has 6 heteroatoms. The van der Waals surface area contributed by atoms with Crippen LogP contribution in [0.3, 0.4) is 0 Å². The van der Waals surface area contributed by atoms with Crippen LogP contribution in [0.15, 0.2) is 30.3 Å². The van der Waals surface area contributed by atoms with Gasteiger partial charge in [0.1, 0.15) is 6.04 Å². The van der Waals surface area contributed by atoms with Gasteiger partial charge in [0, 0.05) is 24.8 Å². The highest BCUT2D eigenvalue weighted by atomic mass is 35.5. The van der Waals surface area contributed by atoms with Crippen LogP contribution in [0.5, 0.6) is 0 Å². The van der Waals surface area contributed by atoms with Crippen LogP contribution in [0.25, 0.3) is 0 Å². The van der Waals surface area contributed by atoms with E-state index in [-0.39, 0.29) is 36.2 Å². The Labute approximate surface area is 162 Å². The summed E-state index contributed by atoms with van der Waals surface area (Å²) in [4.78, 5) is 29.6. The molecule has 2 N–H and O–H groups in total. The molecule has 2 aliphatic rings. The second kappa shape index (κ2) is 8.40. The number of likely N-dealkylation sites (N-methyl/N-ethyl adjacent to an activating group) is 1. The van der Waals surface area contributed by atoms with Crippen molar-refractivity contribution in [2.75, 3.05) is 18.5 Å². The van der Waals surface area contributed by atoms with Crippen molar-refractivity contribution in [3.8, 4) is 0 Å². The Morgan fingerprint density at radius 3 is 2.54 bits per heavy atom. The van der Waals surface area contributed by atoms with E-state index in [9.17, 15) is 9.59 Å². The van der Waals surface area contributed by atoms with Crippen LogP contribution >= 0.6 is 12.4 Å². The average molecular weight is 380 g/mol. The number of amides is 2. The van der Waals surface area contributed by atoms with Crippen LogP contribution < -0.4 is 10.6 Å². The lowest BCUT2D eigenvalue weighted by Gasteiger charge is -2.42. The van der Waals surface area contributed by atoms with Gasteiger partial charge in [-0.25, -0.2) is 0 Å². The minimum atomic E-state index is -0.472. The number of piperidine rings is 1. The molecule has 3 atom stereocenters. The Morgan fingerprint density at radius 2 is 1.88 bits per heavy atom. The molecule has 1 aromatic rings. The van der Waals surface area contributed by atoms with E-state index in [1.807, 2.05) is 37.3 Å². The molecule has 1 heterocycles. The zero-order valence-electron chi connectivity index (χ0n) is 15.7. The number of nitrogens with two attached hydrogens (primary N) is 1. The summed E-state index contributed by atoms with van der Waals surface area (Å²) in [5, 5.41) is 0. The van der Waals surface area contributed by atoms with E-state index in [1.54, 1.807) is 16.8 Å². The van der Waals surface area contributed by atoms with Crippen LogP contribution in [-0.4, -0.2) is 41.9 Å². The monoisotopic (exact) mass is 379 g/mol. The van der Waals surface area contributed by atoms with E-state index in [4.69, 9.17) is 5.73 Å². The third kappa shape index (κ3) is 4.04. The molecule has 2 amide bonds. The molecule has 1 aromatic carbocycles. The van der Waals surface area contributed by atoms with Crippen molar-refractivity contribution < 1.29 is 9.59 Å². The maximum Gasteiger partial charge on any atom is 0.249 e. The number of carbonyl (C=O) groups is 2. The fourth-order valence-corrected chi connectivity index (χ4v) is 4.24. The van der Waals surface area contributed by atoms with Crippen LogP contribution in [0, 0.1) is 5.92 Å². The molecule has 1 saturated carbocycles. The first-order valence-electron chi connectivity index (χ1n) is 9.34. The summed E-state index contributed by atoms with van der Waals surface area (Å²) in [5.74, 6) is -0.146. The molecule has 0 radical (unpaired) electrons. The number of hydrogen-bond acceptors (Lipinski definition) is 3. The van der Waals surface area contributed by atoms with Gasteiger partial charge in [0.25, 0.3) is 0 Å². The second-order valence-corrected chi connectivity index (χ2v) is 7.74. The summed E-state index contributed by atoms with van der Waals surface area (Å²) in [6.07, 6.45) is 5.41. The molecule has 5 nitrogen and oxygen atoms in total. The fourth-order valence-electron chi connectivity index (χ4n) is 4.24. The zero-order chi connectivity index (χ0) is 18.0. The molecule has 2 fully saturated rings. The van der Waals surface area contributed by atoms with E-state index in [0.29, 0.717) is 6.54 Å². The van der Waals surface area contributed by atoms with Crippen LogP contribution in [-0.2, 0) is 9.59 Å². The molecule has 3 unspecified atom stereocenters. The number of rotatable bonds is 3. The zero-order valence-corrected chi connectivity index (χ0v) is 16.5. The topological polar surface area (TPSA) is 66.6 Å². The Balaban J connectivity index is 0.00000243. The molecule has 0 bridgehead atoms. The summed E-state index contributed by atoms with van der Waals surface area (Å²) in [7, 11) is 1.77. The molecule has 1 aliphatic carbocycles. The summed E-state index contributed by atoms with van der Waals surface area (Å²) < 4.78 is 0. The normalized spacial score (nSPS) is 29.0. The summed E-state index contributed by atoms with van der Waals surface area (Å²) in [6.45, 7) is 2.68. The number of benzene rings is 1. The molecule has 3 rings (SSSR count). The molecule has 0 spiro atoms. The SMILES string of the molecule is CN(C(=O)C1CCCCC1(C)N)C1CCCN(c2ccccc2)C1=O.Cl. The van der Waals surface area contributed by atoms with E-state index < -0.39 is 5.54 Å². The van der Waals surface area contributed by atoms with Gasteiger partial charge < -0.3 is 15.5 Å². The largest absolute Gasteiger partial charge is 0.333 e. The Morgan fingerprint density at radius 1 is 1.19 bits per heavy atom. The minimum Gasteiger partial charge on any atom is -0.333 e. The predicted octanol–water partition coefficient (Wildman–Crippen LogP) is 2.97. The molecule has 1 aliphatic heterocycles. The highest BCUT2D eigenvalue weighted by Gasteiger charge is 2.42. The molecular weight excluding hydrogens is 350 g/mol. The summed E-state index contributed by atoms with van der Waals surface area (Å²) in [6, 6.07) is 9.31. The second-order valence-electron chi connectivity index (χ2n) is 7.74. The standard InChI is InChI=1S/C20H29N3O2.ClH/c1-20(21)13-7-6-11-16(20)18(24)22(2)17-12-8-14-23(19(17)25)15-9-4-3-5-10-15;/h3-5,9-10,16-17H,6-8,11-14,21H2,1-2H3;1H. The predicted molar refractivity (Wildman–Crippen MR) is 106 cm³/mol. The van der Waals surface area contributed by atoms with Crippen molar-refractivity contribution in [3.05, 3.63) is 30.3 Å². The molecule has 26 heavy (non-hydrogen) atoms. The number of anilines is 1. The van der Waals surface area contributed by atoms with Gasteiger partial charge in [0.15, 0.2) is 0 Å². The number of halogens is 1. The molecule has 0 aromatic heterocycles. The Bertz CT molecular complexity index is 635. The van der Waals surface area contributed by atoms with Crippen molar-refractivity contribution >= 4 is 29.9 Å². The van der Waals surface area contributed by atoms with Crippen molar-refractivity contribution in [2.45, 2.75) is 57.0 Å². The van der Waals surface area contributed by atoms with Crippen LogP contribution in [0.1, 0.15) is 45.4 Å². The number of carbonyl (C=O) groups excluding carboxylic acids is 2. The smallest absolute Gasteiger partial charge is 0.249 e. The lowest BCUT2D eigenvalue weighted by molar-refractivity contribution is -0.144. The minimum absolute atomic E-state index is 0. The van der Waals surface area contributed by atoms with Gasteiger partial charge in [-0.05, 0) is 44.7 Å². The van der Waals surface area contributed by atoms with E-state index in [1.165, 1.54) is 0 Å². The first-order chi connectivity index (χ1) is 11.9. The molecule has 1 saturated heterocycles. The fraction of sp³-hybridized carbons (Fsp3) is 0.600. The van der Waals surface area contributed by atoms with Crippen LogP contribution in [0.2, 0.25) is 0 Å². The van der Waals surface area contributed by atoms with Crippen molar-refractivity contribution in [1.29, 1.82) is 0 Å². The van der Waals surface area contributed by atoms with E-state index in [0.717, 1.165) is 44.2 Å². The van der Waals surface area contributed by atoms with Gasteiger partial charge in [0.2, 0.25) is 11.8 Å². The van der Waals surface area contributed by atoms with Gasteiger partial charge in [-0.1, -0.05) is 31.0 Å². The van der Waals surface area contributed by atoms with Gasteiger partial charge in [-0.15, -0.1) is 12.4 Å². The summed E-state index contributed by atoms with van der Waals surface area (Å²) in [5.41, 5.74) is 6.83. The van der Waals surface area contributed by atoms with Gasteiger partial charge in [0.05, 0.1) is 5.92 Å². The number of para-hydroxylation sites is 1.